The van der Waals surface area contributed by atoms with E-state index in [1.807, 2.05) is 6.92 Å². The van der Waals surface area contributed by atoms with Gasteiger partial charge in [-0.25, -0.2) is 0 Å². The van der Waals surface area contributed by atoms with Crippen molar-refractivity contribution in [2.75, 3.05) is 19.8 Å². The van der Waals surface area contributed by atoms with E-state index in [4.69, 9.17) is 10.5 Å². The Morgan fingerprint density at radius 3 is 3.00 bits per heavy atom. The number of hydrogen-bond acceptors (Lipinski definition) is 5. The summed E-state index contributed by atoms with van der Waals surface area (Å²) in [6.07, 6.45) is 3.25. The van der Waals surface area contributed by atoms with Crippen LogP contribution in [0.3, 0.4) is 0 Å². The third-order valence-electron chi connectivity index (χ3n) is 3.14. The van der Waals surface area contributed by atoms with Crippen molar-refractivity contribution in [3.05, 3.63) is 11.9 Å². The molecule has 0 spiro atoms. The highest BCUT2D eigenvalue weighted by Crippen LogP contribution is 2.19. The Morgan fingerprint density at radius 1 is 1.61 bits per heavy atom. The topological polar surface area (TPSA) is 95.1 Å². The van der Waals surface area contributed by atoms with E-state index in [1.54, 1.807) is 10.9 Å². The fraction of sp³-hybridized carbons (Fsp3) is 0.727. The van der Waals surface area contributed by atoms with Crippen molar-refractivity contribution in [3.8, 4) is 0 Å². The lowest BCUT2D eigenvalue weighted by molar-refractivity contribution is 0.0421. The Balaban J connectivity index is 1.97. The van der Waals surface area contributed by atoms with Crippen molar-refractivity contribution >= 4 is 5.91 Å². The summed E-state index contributed by atoms with van der Waals surface area (Å²) in [6, 6.07) is 0. The van der Waals surface area contributed by atoms with E-state index in [9.17, 15) is 4.79 Å². The number of amides is 1. The van der Waals surface area contributed by atoms with Gasteiger partial charge >= 0.3 is 0 Å². The standard InChI is InChI=1S/C11H19N5O2/c1-11(2-6-18-7-3-11)13-10(17)9-8-16(5-4-12)15-14-9/h8H,2-7,12H2,1H3,(H,13,17). The number of aromatic nitrogens is 3. The van der Waals surface area contributed by atoms with Crippen LogP contribution in [-0.4, -0.2) is 46.2 Å². The lowest BCUT2D eigenvalue weighted by atomic mass is 9.92. The van der Waals surface area contributed by atoms with Gasteiger partial charge in [-0.3, -0.25) is 9.48 Å². The predicted octanol–water partition coefficient (Wildman–Crippen LogP) is -0.464. The highest BCUT2D eigenvalue weighted by atomic mass is 16.5. The average molecular weight is 253 g/mol. The van der Waals surface area contributed by atoms with E-state index in [0.29, 0.717) is 32.0 Å². The lowest BCUT2D eigenvalue weighted by Crippen LogP contribution is -2.49. The van der Waals surface area contributed by atoms with Crippen molar-refractivity contribution < 1.29 is 9.53 Å². The van der Waals surface area contributed by atoms with Crippen LogP contribution in [-0.2, 0) is 11.3 Å². The van der Waals surface area contributed by atoms with Crippen molar-refractivity contribution in [3.63, 3.8) is 0 Å². The predicted molar refractivity (Wildman–Crippen MR) is 65.0 cm³/mol. The molecule has 1 fully saturated rings. The molecule has 2 heterocycles. The Kier molecular flexibility index (Phi) is 3.93. The SMILES string of the molecule is CC1(NC(=O)c2cn(CCN)nn2)CCOCC1. The largest absolute Gasteiger partial charge is 0.381 e. The number of nitrogens with one attached hydrogen (secondary N) is 1. The van der Waals surface area contributed by atoms with Gasteiger partial charge in [-0.15, -0.1) is 5.10 Å². The molecule has 0 aliphatic carbocycles. The third-order valence-corrected chi connectivity index (χ3v) is 3.14. The van der Waals surface area contributed by atoms with Gasteiger partial charge in [0.2, 0.25) is 0 Å². The molecule has 3 N–H and O–H groups in total. The number of nitrogens with two attached hydrogens (primary N) is 1. The molecule has 1 saturated heterocycles. The summed E-state index contributed by atoms with van der Waals surface area (Å²) in [5.74, 6) is -0.192. The van der Waals surface area contributed by atoms with Crippen LogP contribution in [0.1, 0.15) is 30.3 Å². The monoisotopic (exact) mass is 253 g/mol. The van der Waals surface area contributed by atoms with Crippen LogP contribution < -0.4 is 11.1 Å². The number of ether oxygens (including phenoxy) is 1. The van der Waals surface area contributed by atoms with Gasteiger partial charge in [0.15, 0.2) is 5.69 Å². The molecule has 0 aromatic carbocycles. The number of carbonyl (C=O) groups is 1. The third kappa shape index (κ3) is 3.05. The van der Waals surface area contributed by atoms with Crippen LogP contribution in [0, 0.1) is 0 Å². The molecule has 7 nitrogen and oxygen atoms in total. The maximum absolute atomic E-state index is 12.0. The molecule has 7 heteroatoms. The molecule has 0 saturated carbocycles. The van der Waals surface area contributed by atoms with Crippen LogP contribution in [0.25, 0.3) is 0 Å². The summed E-state index contributed by atoms with van der Waals surface area (Å²) in [7, 11) is 0. The summed E-state index contributed by atoms with van der Waals surface area (Å²) >= 11 is 0. The molecule has 100 valence electrons. The number of nitrogens with zero attached hydrogens (tertiary/aromatic N) is 3. The Hall–Kier alpha value is -1.47. The molecule has 0 unspecified atom stereocenters. The Labute approximate surface area is 106 Å². The number of rotatable bonds is 4. The molecule has 1 aromatic heterocycles. The molecule has 2 rings (SSSR count). The second-order valence-corrected chi connectivity index (χ2v) is 4.78. The minimum atomic E-state index is -0.215. The highest BCUT2D eigenvalue weighted by molar-refractivity contribution is 5.92. The fourth-order valence-electron chi connectivity index (χ4n) is 1.93. The minimum Gasteiger partial charge on any atom is -0.381 e. The van der Waals surface area contributed by atoms with E-state index in [0.717, 1.165) is 12.8 Å². The van der Waals surface area contributed by atoms with E-state index in [1.165, 1.54) is 0 Å². The van der Waals surface area contributed by atoms with Crippen LogP contribution in [0.5, 0.6) is 0 Å². The van der Waals surface area contributed by atoms with E-state index >= 15 is 0 Å². The zero-order chi connectivity index (χ0) is 13.0. The first kappa shape index (κ1) is 13.0. The molecular formula is C11H19N5O2. The molecule has 0 atom stereocenters. The lowest BCUT2D eigenvalue weighted by Gasteiger charge is -2.34. The van der Waals surface area contributed by atoms with Gasteiger partial charge in [0.25, 0.3) is 5.91 Å². The summed E-state index contributed by atoms with van der Waals surface area (Å²) in [5.41, 5.74) is 5.53. The molecular weight excluding hydrogens is 234 g/mol. The first-order valence-electron chi connectivity index (χ1n) is 6.13. The highest BCUT2D eigenvalue weighted by Gasteiger charge is 2.30. The Morgan fingerprint density at radius 2 is 2.33 bits per heavy atom. The van der Waals surface area contributed by atoms with Gasteiger partial charge in [-0.05, 0) is 19.8 Å². The molecule has 1 aromatic rings. The molecule has 1 aliphatic heterocycles. The molecule has 0 radical (unpaired) electrons. The quantitative estimate of drug-likeness (QED) is 0.756. The second kappa shape index (κ2) is 5.45. The summed E-state index contributed by atoms with van der Waals surface area (Å²) in [4.78, 5) is 12.0. The maximum Gasteiger partial charge on any atom is 0.273 e. The molecule has 18 heavy (non-hydrogen) atoms. The fourth-order valence-corrected chi connectivity index (χ4v) is 1.93. The van der Waals surface area contributed by atoms with Gasteiger partial charge in [0.1, 0.15) is 0 Å². The van der Waals surface area contributed by atoms with Gasteiger partial charge in [-0.1, -0.05) is 5.21 Å². The van der Waals surface area contributed by atoms with Crippen LogP contribution in [0.2, 0.25) is 0 Å². The van der Waals surface area contributed by atoms with E-state index in [-0.39, 0.29) is 11.4 Å². The van der Waals surface area contributed by atoms with Crippen LogP contribution >= 0.6 is 0 Å². The van der Waals surface area contributed by atoms with Gasteiger partial charge in [-0.2, -0.15) is 0 Å². The maximum atomic E-state index is 12.0. The first-order valence-corrected chi connectivity index (χ1v) is 6.13. The van der Waals surface area contributed by atoms with Crippen molar-refractivity contribution in [2.45, 2.75) is 31.8 Å². The first-order chi connectivity index (χ1) is 8.63. The van der Waals surface area contributed by atoms with E-state index < -0.39 is 0 Å². The van der Waals surface area contributed by atoms with Gasteiger partial charge in [0.05, 0.1) is 12.7 Å². The molecule has 1 amide bonds. The number of hydrogen-bond donors (Lipinski definition) is 2. The van der Waals surface area contributed by atoms with Gasteiger partial charge < -0.3 is 15.8 Å². The average Bonchev–Trinajstić information content (AvgIpc) is 2.78. The van der Waals surface area contributed by atoms with Crippen LogP contribution in [0.15, 0.2) is 6.20 Å². The summed E-state index contributed by atoms with van der Waals surface area (Å²) in [5, 5.41) is 10.7. The number of carbonyl (C=O) groups excluding carboxylic acids is 1. The second-order valence-electron chi connectivity index (χ2n) is 4.78. The molecule has 1 aliphatic rings. The van der Waals surface area contributed by atoms with E-state index in [2.05, 4.69) is 15.6 Å². The zero-order valence-electron chi connectivity index (χ0n) is 10.6. The molecule has 0 bridgehead atoms. The minimum absolute atomic E-state index is 0.192. The smallest absolute Gasteiger partial charge is 0.273 e. The Bertz CT molecular complexity index is 411. The van der Waals surface area contributed by atoms with Gasteiger partial charge in [0, 0.05) is 25.3 Å². The normalized spacial score (nSPS) is 18.6. The van der Waals surface area contributed by atoms with Crippen molar-refractivity contribution in [1.29, 1.82) is 0 Å². The summed E-state index contributed by atoms with van der Waals surface area (Å²) in [6.45, 7) is 4.41. The van der Waals surface area contributed by atoms with Crippen molar-refractivity contribution in [1.82, 2.24) is 20.3 Å². The zero-order valence-corrected chi connectivity index (χ0v) is 10.6. The van der Waals surface area contributed by atoms with Crippen molar-refractivity contribution in [2.24, 2.45) is 5.73 Å². The van der Waals surface area contributed by atoms with Crippen LogP contribution in [0.4, 0.5) is 0 Å². The summed E-state index contributed by atoms with van der Waals surface area (Å²) < 4.78 is 6.86.